The van der Waals surface area contributed by atoms with E-state index in [1.54, 1.807) is 30.5 Å². The molecule has 7 nitrogen and oxygen atoms in total. The number of pyridine rings is 1. The molecule has 0 aliphatic heterocycles. The number of nitrogens with zero attached hydrogens (tertiary/aromatic N) is 1. The van der Waals surface area contributed by atoms with Gasteiger partial charge < -0.3 is 11.1 Å². The van der Waals surface area contributed by atoms with Crippen molar-refractivity contribution in [1.82, 2.24) is 15.0 Å². The van der Waals surface area contributed by atoms with E-state index in [2.05, 4.69) is 15.0 Å². The van der Waals surface area contributed by atoms with Crippen molar-refractivity contribution >= 4 is 32.5 Å². The number of carbonyl (C=O) groups is 1. The van der Waals surface area contributed by atoms with Crippen LogP contribution in [0.25, 0.3) is 10.8 Å². The smallest absolute Gasteiger partial charge is 0.241 e. The SMILES string of the molecule is Cc1cccc(S(=O)(=O)N[C@@H](Cc2cccc3ccccc23)C(=O)NCc2ccc(N)nc2)c1. The Morgan fingerprint density at radius 2 is 1.76 bits per heavy atom. The van der Waals surface area contributed by atoms with Gasteiger partial charge in [-0.1, -0.05) is 60.7 Å². The summed E-state index contributed by atoms with van der Waals surface area (Å²) in [5.74, 6) is -0.0455. The largest absolute Gasteiger partial charge is 0.384 e. The highest BCUT2D eigenvalue weighted by atomic mass is 32.2. The fourth-order valence-corrected chi connectivity index (χ4v) is 5.07. The van der Waals surface area contributed by atoms with Crippen molar-refractivity contribution in [2.24, 2.45) is 0 Å². The Bertz CT molecular complexity index is 1410. The predicted octanol–water partition coefficient (Wildman–Crippen LogP) is 3.33. The number of carbonyl (C=O) groups excluding carboxylic acids is 1. The molecule has 0 saturated carbocycles. The van der Waals surface area contributed by atoms with Crippen LogP contribution >= 0.6 is 0 Å². The van der Waals surface area contributed by atoms with Crippen LogP contribution < -0.4 is 15.8 Å². The summed E-state index contributed by atoms with van der Waals surface area (Å²) in [6, 6.07) is 22.6. The van der Waals surface area contributed by atoms with Gasteiger partial charge in [-0.2, -0.15) is 4.72 Å². The van der Waals surface area contributed by atoms with Crippen LogP contribution in [0.2, 0.25) is 0 Å². The summed E-state index contributed by atoms with van der Waals surface area (Å²) in [5.41, 5.74) is 8.07. The molecule has 8 heteroatoms. The van der Waals surface area contributed by atoms with Crippen LogP contribution in [0, 0.1) is 6.92 Å². The monoisotopic (exact) mass is 474 g/mol. The minimum atomic E-state index is -3.93. The van der Waals surface area contributed by atoms with Crippen LogP contribution in [0.1, 0.15) is 16.7 Å². The van der Waals surface area contributed by atoms with Gasteiger partial charge in [0.25, 0.3) is 0 Å². The standard InChI is InChI=1S/C26H26N4O3S/c1-18-6-4-10-22(14-18)34(32,33)30-24(26(31)29-17-19-12-13-25(27)28-16-19)15-21-9-5-8-20-7-2-3-11-23(20)21/h2-14,16,24,30H,15,17H2,1H3,(H2,27,28)(H,29,31)/t24-/m0/s1. The molecule has 174 valence electrons. The van der Waals surface area contributed by atoms with Crippen LogP contribution in [-0.2, 0) is 27.8 Å². The molecule has 1 heterocycles. The molecule has 1 amide bonds. The fraction of sp³-hybridized carbons (Fsp3) is 0.154. The van der Waals surface area contributed by atoms with E-state index < -0.39 is 22.0 Å². The Morgan fingerprint density at radius 1 is 1.00 bits per heavy atom. The molecule has 4 N–H and O–H groups in total. The van der Waals surface area contributed by atoms with Gasteiger partial charge in [0.1, 0.15) is 11.9 Å². The normalized spacial score (nSPS) is 12.4. The topological polar surface area (TPSA) is 114 Å². The summed E-state index contributed by atoms with van der Waals surface area (Å²) < 4.78 is 28.9. The van der Waals surface area contributed by atoms with E-state index in [0.717, 1.165) is 27.5 Å². The lowest BCUT2D eigenvalue weighted by atomic mass is 9.99. The van der Waals surface area contributed by atoms with Gasteiger partial charge in [-0.3, -0.25) is 4.79 Å². The molecular formula is C26H26N4O3S. The number of rotatable bonds is 8. The Labute approximate surface area is 199 Å². The maximum absolute atomic E-state index is 13.2. The van der Waals surface area contributed by atoms with E-state index in [-0.39, 0.29) is 17.9 Å². The van der Waals surface area contributed by atoms with Gasteiger partial charge in [-0.25, -0.2) is 13.4 Å². The quantitative estimate of drug-likeness (QED) is 0.362. The number of sulfonamides is 1. The highest BCUT2D eigenvalue weighted by Gasteiger charge is 2.26. The Kier molecular flexibility index (Phi) is 6.90. The Hall–Kier alpha value is -3.75. The molecule has 0 aliphatic rings. The summed E-state index contributed by atoms with van der Waals surface area (Å²) in [6.45, 7) is 2.02. The maximum Gasteiger partial charge on any atom is 0.241 e. The molecule has 4 rings (SSSR count). The summed E-state index contributed by atoms with van der Waals surface area (Å²) in [5, 5.41) is 4.82. The van der Waals surface area contributed by atoms with Crippen molar-refractivity contribution in [3.8, 4) is 0 Å². The van der Waals surface area contributed by atoms with Crippen molar-refractivity contribution in [3.05, 3.63) is 102 Å². The molecule has 0 radical (unpaired) electrons. The number of aryl methyl sites for hydroxylation is 1. The first-order valence-electron chi connectivity index (χ1n) is 10.9. The lowest BCUT2D eigenvalue weighted by Crippen LogP contribution is -2.47. The number of nitrogens with one attached hydrogen (secondary N) is 2. The number of anilines is 1. The number of nitrogen functional groups attached to an aromatic ring is 1. The maximum atomic E-state index is 13.2. The first kappa shape index (κ1) is 23.4. The second-order valence-corrected chi connectivity index (χ2v) is 9.86. The van der Waals surface area contributed by atoms with Gasteiger partial charge in [0.05, 0.1) is 4.90 Å². The second-order valence-electron chi connectivity index (χ2n) is 8.14. The van der Waals surface area contributed by atoms with Crippen molar-refractivity contribution < 1.29 is 13.2 Å². The van der Waals surface area contributed by atoms with Crippen molar-refractivity contribution in [3.63, 3.8) is 0 Å². The summed E-state index contributed by atoms with van der Waals surface area (Å²) >= 11 is 0. The van der Waals surface area contributed by atoms with E-state index in [1.165, 1.54) is 6.07 Å². The number of nitrogens with two attached hydrogens (primary N) is 1. The lowest BCUT2D eigenvalue weighted by Gasteiger charge is -2.20. The molecule has 34 heavy (non-hydrogen) atoms. The lowest BCUT2D eigenvalue weighted by molar-refractivity contribution is -0.122. The van der Waals surface area contributed by atoms with Crippen LogP contribution in [0.4, 0.5) is 5.82 Å². The van der Waals surface area contributed by atoms with Gasteiger partial charge >= 0.3 is 0 Å². The Balaban J connectivity index is 1.62. The first-order valence-corrected chi connectivity index (χ1v) is 12.3. The minimum absolute atomic E-state index is 0.117. The number of hydrogen-bond acceptors (Lipinski definition) is 5. The second kappa shape index (κ2) is 10.0. The molecule has 0 spiro atoms. The van der Waals surface area contributed by atoms with Gasteiger partial charge in [-0.15, -0.1) is 0 Å². The number of amides is 1. The van der Waals surface area contributed by atoms with Crippen LogP contribution in [0.5, 0.6) is 0 Å². The molecular weight excluding hydrogens is 448 g/mol. The number of aromatic nitrogens is 1. The molecule has 0 bridgehead atoms. The molecule has 0 unspecified atom stereocenters. The van der Waals surface area contributed by atoms with Gasteiger partial charge in [0.2, 0.25) is 15.9 Å². The van der Waals surface area contributed by atoms with Crippen molar-refractivity contribution in [2.75, 3.05) is 5.73 Å². The molecule has 4 aromatic rings. The number of benzene rings is 3. The van der Waals surface area contributed by atoms with Gasteiger partial charge in [0, 0.05) is 12.7 Å². The number of hydrogen-bond donors (Lipinski definition) is 3. The summed E-state index contributed by atoms with van der Waals surface area (Å²) in [4.78, 5) is 17.4. The zero-order valence-electron chi connectivity index (χ0n) is 18.7. The Morgan fingerprint density at radius 3 is 2.53 bits per heavy atom. The van der Waals surface area contributed by atoms with Crippen LogP contribution in [0.3, 0.4) is 0 Å². The van der Waals surface area contributed by atoms with E-state index in [0.29, 0.717) is 5.82 Å². The summed E-state index contributed by atoms with van der Waals surface area (Å²) in [6.07, 6.45) is 1.77. The molecule has 1 aromatic heterocycles. The van der Waals surface area contributed by atoms with E-state index in [9.17, 15) is 13.2 Å². The van der Waals surface area contributed by atoms with Crippen LogP contribution in [-0.4, -0.2) is 25.4 Å². The van der Waals surface area contributed by atoms with Crippen LogP contribution in [0.15, 0.2) is 90.0 Å². The van der Waals surface area contributed by atoms with Crippen molar-refractivity contribution in [1.29, 1.82) is 0 Å². The molecule has 1 atom stereocenters. The third-order valence-corrected chi connectivity index (χ3v) is 7.00. The average Bonchev–Trinajstić information content (AvgIpc) is 2.83. The highest BCUT2D eigenvalue weighted by molar-refractivity contribution is 7.89. The summed E-state index contributed by atoms with van der Waals surface area (Å²) in [7, 11) is -3.93. The fourth-order valence-electron chi connectivity index (χ4n) is 3.77. The zero-order valence-corrected chi connectivity index (χ0v) is 19.5. The van der Waals surface area contributed by atoms with E-state index in [4.69, 9.17) is 5.73 Å². The predicted molar refractivity (Wildman–Crippen MR) is 133 cm³/mol. The van der Waals surface area contributed by atoms with E-state index in [1.807, 2.05) is 55.5 Å². The molecule has 0 aliphatic carbocycles. The first-order chi connectivity index (χ1) is 16.3. The highest BCUT2D eigenvalue weighted by Crippen LogP contribution is 2.21. The van der Waals surface area contributed by atoms with Gasteiger partial charge in [0.15, 0.2) is 0 Å². The third kappa shape index (κ3) is 5.59. The number of fused-ring (bicyclic) bond motifs is 1. The molecule has 0 saturated heterocycles. The van der Waals surface area contributed by atoms with Gasteiger partial charge in [-0.05, 0) is 59.0 Å². The zero-order chi connectivity index (χ0) is 24.1. The minimum Gasteiger partial charge on any atom is -0.384 e. The van der Waals surface area contributed by atoms with Crippen molar-refractivity contribution in [2.45, 2.75) is 30.8 Å². The third-order valence-electron chi connectivity index (χ3n) is 5.53. The molecule has 3 aromatic carbocycles. The average molecular weight is 475 g/mol. The molecule has 0 fully saturated rings. The van der Waals surface area contributed by atoms with E-state index >= 15 is 0 Å².